The van der Waals surface area contributed by atoms with Gasteiger partial charge in [-0.05, 0) is 44.2 Å². The van der Waals surface area contributed by atoms with Gasteiger partial charge in [-0.15, -0.1) is 13.2 Å². The number of pyridine rings is 1. The number of carboxylic acid groups (broad SMARTS) is 1. The van der Waals surface area contributed by atoms with Crippen molar-refractivity contribution in [3.63, 3.8) is 0 Å². The van der Waals surface area contributed by atoms with Gasteiger partial charge in [0.15, 0.2) is 5.65 Å². The first-order valence-electron chi connectivity index (χ1n) is 10.1. The molecule has 0 saturated carbocycles. The summed E-state index contributed by atoms with van der Waals surface area (Å²) in [6, 6.07) is 6.94. The molecule has 4 rings (SSSR count). The van der Waals surface area contributed by atoms with Crippen LogP contribution >= 0.6 is 0 Å². The summed E-state index contributed by atoms with van der Waals surface area (Å²) < 4.78 is 42.7. The van der Waals surface area contributed by atoms with Gasteiger partial charge in [0.2, 0.25) is 0 Å². The number of hydrogen-bond donors (Lipinski definition) is 3. The molecule has 1 aliphatic heterocycles. The highest BCUT2D eigenvalue weighted by molar-refractivity contribution is 5.93. The van der Waals surface area contributed by atoms with Crippen LogP contribution < -0.4 is 15.0 Å². The molecule has 0 atom stereocenters. The normalized spacial score (nSPS) is 14.9. The number of aromatic nitrogens is 3. The summed E-state index contributed by atoms with van der Waals surface area (Å²) in [6.45, 7) is 4.62. The predicted octanol–water partition coefficient (Wildman–Crippen LogP) is 3.29. The summed E-state index contributed by atoms with van der Waals surface area (Å²) in [7, 11) is 0. The van der Waals surface area contributed by atoms with Crippen LogP contribution in [0.4, 0.5) is 23.7 Å². The van der Waals surface area contributed by atoms with Crippen molar-refractivity contribution in [3.05, 3.63) is 42.2 Å². The van der Waals surface area contributed by atoms with Crippen molar-refractivity contribution in [1.29, 1.82) is 0 Å². The van der Waals surface area contributed by atoms with E-state index in [1.54, 1.807) is 26.1 Å². The van der Waals surface area contributed by atoms with Crippen molar-refractivity contribution in [1.82, 2.24) is 20.1 Å². The van der Waals surface area contributed by atoms with E-state index in [1.807, 2.05) is 4.90 Å². The van der Waals surface area contributed by atoms with Crippen LogP contribution in [0.15, 0.2) is 36.5 Å². The minimum atomic E-state index is -4.80. The SMILES string of the molecule is CC(C)(O)C1CN(c2ccnc3c2c(CNC(=O)O)nn3-c2ccc(OC(F)(F)F)cc2)C1. The van der Waals surface area contributed by atoms with Crippen molar-refractivity contribution < 1.29 is 32.9 Å². The molecule has 0 bridgehead atoms. The minimum Gasteiger partial charge on any atom is -0.465 e. The summed E-state index contributed by atoms with van der Waals surface area (Å²) in [6.07, 6.45) is -4.43. The zero-order valence-corrected chi connectivity index (χ0v) is 17.8. The number of hydrogen-bond acceptors (Lipinski definition) is 6. The van der Waals surface area contributed by atoms with Gasteiger partial charge in [-0.1, -0.05) is 0 Å². The van der Waals surface area contributed by atoms with E-state index in [2.05, 4.69) is 20.1 Å². The molecule has 0 radical (unpaired) electrons. The Morgan fingerprint density at radius 1 is 1.21 bits per heavy atom. The van der Waals surface area contributed by atoms with Gasteiger partial charge in [0.25, 0.3) is 0 Å². The molecule has 12 heteroatoms. The van der Waals surface area contributed by atoms with Crippen molar-refractivity contribution >= 4 is 22.8 Å². The third-order valence-electron chi connectivity index (χ3n) is 5.56. The molecule has 1 aliphatic rings. The third-order valence-corrected chi connectivity index (χ3v) is 5.56. The second-order valence-electron chi connectivity index (χ2n) is 8.34. The maximum atomic E-state index is 12.5. The summed E-state index contributed by atoms with van der Waals surface area (Å²) in [5, 5.41) is 26.7. The van der Waals surface area contributed by atoms with Crippen molar-refractivity contribution in [2.24, 2.45) is 5.92 Å². The van der Waals surface area contributed by atoms with Gasteiger partial charge in [0.1, 0.15) is 5.75 Å². The zero-order valence-electron chi connectivity index (χ0n) is 17.8. The van der Waals surface area contributed by atoms with Gasteiger partial charge < -0.3 is 25.2 Å². The average Bonchev–Trinajstić information content (AvgIpc) is 3.03. The largest absolute Gasteiger partial charge is 0.573 e. The number of rotatable bonds is 6. The molecule has 2 aromatic heterocycles. The Hall–Kier alpha value is -3.54. The quantitative estimate of drug-likeness (QED) is 0.512. The minimum absolute atomic E-state index is 0.0672. The van der Waals surface area contributed by atoms with Gasteiger partial charge in [-0.2, -0.15) is 5.10 Å². The number of halogens is 3. The Balaban J connectivity index is 1.73. The molecule has 3 aromatic rings. The topological polar surface area (TPSA) is 113 Å². The van der Waals surface area contributed by atoms with Gasteiger partial charge in [0, 0.05) is 25.2 Å². The summed E-state index contributed by atoms with van der Waals surface area (Å²) in [5.74, 6) is -0.306. The first-order chi connectivity index (χ1) is 15.4. The van der Waals surface area contributed by atoms with E-state index in [9.17, 15) is 23.1 Å². The Bertz CT molecular complexity index is 1170. The molecule has 176 valence electrons. The van der Waals surface area contributed by atoms with Gasteiger partial charge in [0.05, 0.1) is 34.6 Å². The van der Waals surface area contributed by atoms with Gasteiger partial charge in [-0.25, -0.2) is 14.5 Å². The van der Waals surface area contributed by atoms with Crippen LogP contribution in [0.25, 0.3) is 16.7 Å². The number of carbonyl (C=O) groups is 1. The van der Waals surface area contributed by atoms with E-state index in [1.165, 1.54) is 28.9 Å². The third kappa shape index (κ3) is 4.80. The van der Waals surface area contributed by atoms with Crippen LogP contribution in [0.3, 0.4) is 0 Å². The second-order valence-corrected chi connectivity index (χ2v) is 8.34. The van der Waals surface area contributed by atoms with Crippen molar-refractivity contribution in [2.45, 2.75) is 32.4 Å². The number of fused-ring (bicyclic) bond motifs is 1. The van der Waals surface area contributed by atoms with Gasteiger partial charge >= 0.3 is 12.5 Å². The predicted molar refractivity (Wildman–Crippen MR) is 112 cm³/mol. The lowest BCUT2D eigenvalue weighted by atomic mass is 9.84. The molecular formula is C21H22F3N5O4. The highest BCUT2D eigenvalue weighted by atomic mass is 19.4. The fourth-order valence-electron chi connectivity index (χ4n) is 3.73. The van der Waals surface area contributed by atoms with E-state index >= 15 is 0 Å². The Morgan fingerprint density at radius 3 is 2.45 bits per heavy atom. The maximum Gasteiger partial charge on any atom is 0.573 e. The number of nitrogens with one attached hydrogen (secondary N) is 1. The molecule has 1 saturated heterocycles. The smallest absolute Gasteiger partial charge is 0.465 e. The molecular weight excluding hydrogens is 443 g/mol. The van der Waals surface area contributed by atoms with Crippen LogP contribution in [0.1, 0.15) is 19.5 Å². The van der Waals surface area contributed by atoms with Crippen molar-refractivity contribution in [2.75, 3.05) is 18.0 Å². The number of nitrogens with zero attached hydrogens (tertiary/aromatic N) is 4. The summed E-state index contributed by atoms with van der Waals surface area (Å²) >= 11 is 0. The lowest BCUT2D eigenvalue weighted by Gasteiger charge is -2.46. The summed E-state index contributed by atoms with van der Waals surface area (Å²) in [4.78, 5) is 17.5. The lowest BCUT2D eigenvalue weighted by Crippen LogP contribution is -2.55. The number of amides is 1. The number of aliphatic hydroxyl groups is 1. The summed E-state index contributed by atoms with van der Waals surface area (Å²) in [5.41, 5.74) is 1.22. The van der Waals surface area contributed by atoms with Crippen LogP contribution in [-0.4, -0.2) is 56.1 Å². The standard InChI is InChI=1S/C21H22F3N5O4/c1-20(2,32)12-10-28(11-12)16-7-8-25-18-17(16)15(9-26-19(30)31)27-29(18)13-3-5-14(6-4-13)33-21(22,23)24/h3-8,12,26,32H,9-11H2,1-2H3,(H,30,31). The first kappa shape index (κ1) is 22.6. The van der Waals surface area contributed by atoms with E-state index in [-0.39, 0.29) is 18.2 Å². The monoisotopic (exact) mass is 465 g/mol. The molecule has 3 N–H and O–H groups in total. The first-order valence-corrected chi connectivity index (χ1v) is 10.1. The molecule has 0 unspecified atom stereocenters. The number of benzene rings is 1. The fourth-order valence-corrected chi connectivity index (χ4v) is 3.73. The molecule has 1 amide bonds. The fraction of sp³-hybridized carbons (Fsp3) is 0.381. The molecule has 0 spiro atoms. The van der Waals surface area contributed by atoms with Crippen LogP contribution in [0, 0.1) is 5.92 Å². The van der Waals surface area contributed by atoms with Crippen LogP contribution in [0.2, 0.25) is 0 Å². The molecule has 9 nitrogen and oxygen atoms in total. The van der Waals surface area contributed by atoms with E-state index < -0.39 is 18.1 Å². The van der Waals surface area contributed by atoms with E-state index in [0.717, 1.165) is 5.69 Å². The van der Waals surface area contributed by atoms with E-state index in [4.69, 9.17) is 5.11 Å². The van der Waals surface area contributed by atoms with Crippen molar-refractivity contribution in [3.8, 4) is 11.4 Å². The molecule has 33 heavy (non-hydrogen) atoms. The number of ether oxygens (including phenoxy) is 1. The molecule has 0 aliphatic carbocycles. The molecule has 3 heterocycles. The highest BCUT2D eigenvalue weighted by Crippen LogP contribution is 2.37. The number of alkyl halides is 3. The molecule has 1 aromatic carbocycles. The Morgan fingerprint density at radius 2 is 1.88 bits per heavy atom. The molecule has 1 fully saturated rings. The lowest BCUT2D eigenvalue weighted by molar-refractivity contribution is -0.274. The highest BCUT2D eigenvalue weighted by Gasteiger charge is 2.38. The van der Waals surface area contributed by atoms with Crippen LogP contribution in [-0.2, 0) is 6.54 Å². The van der Waals surface area contributed by atoms with E-state index in [0.29, 0.717) is 35.5 Å². The maximum absolute atomic E-state index is 12.5. The Kier molecular flexibility index (Phi) is 5.56. The number of anilines is 1. The Labute approximate surface area is 186 Å². The second kappa shape index (κ2) is 8.10. The van der Waals surface area contributed by atoms with Gasteiger partial charge in [-0.3, -0.25) is 0 Å². The average molecular weight is 465 g/mol. The van der Waals surface area contributed by atoms with Crippen LogP contribution in [0.5, 0.6) is 5.75 Å². The zero-order chi connectivity index (χ0) is 24.0.